The van der Waals surface area contributed by atoms with Crippen molar-refractivity contribution in [2.75, 3.05) is 7.11 Å². The van der Waals surface area contributed by atoms with E-state index >= 15 is 0 Å². The highest BCUT2D eigenvalue weighted by Gasteiger charge is 2.28. The average molecular weight is 478 g/mol. The van der Waals surface area contributed by atoms with Crippen LogP contribution in [0.1, 0.15) is 38.3 Å². The highest BCUT2D eigenvalue weighted by atomic mass is 32.2. The van der Waals surface area contributed by atoms with Crippen molar-refractivity contribution in [2.24, 2.45) is 0 Å². The summed E-state index contributed by atoms with van der Waals surface area (Å²) in [6.45, 7) is 4.84. The van der Waals surface area contributed by atoms with Gasteiger partial charge in [0.1, 0.15) is 5.52 Å². The molecule has 2 aromatic carbocycles. The molecule has 0 fully saturated rings. The van der Waals surface area contributed by atoms with E-state index < -0.39 is 17.3 Å². The minimum atomic E-state index is -0.887. The molecule has 0 spiro atoms. The van der Waals surface area contributed by atoms with Gasteiger partial charge in [-0.05, 0) is 24.5 Å². The summed E-state index contributed by atoms with van der Waals surface area (Å²) in [5.41, 5.74) is 3.23. The third-order valence-electron chi connectivity index (χ3n) is 5.57. The molecule has 0 aliphatic rings. The maximum Gasteiger partial charge on any atom is 0.333 e. The molecule has 34 heavy (non-hydrogen) atoms. The van der Waals surface area contributed by atoms with Crippen molar-refractivity contribution in [1.29, 1.82) is 0 Å². The van der Waals surface area contributed by atoms with Gasteiger partial charge in [-0.15, -0.1) is 10.2 Å². The van der Waals surface area contributed by atoms with Gasteiger partial charge in [-0.25, -0.2) is 9.78 Å². The van der Waals surface area contributed by atoms with Gasteiger partial charge in [0, 0.05) is 11.9 Å². The molecule has 2 atom stereocenters. The van der Waals surface area contributed by atoms with Crippen molar-refractivity contribution in [3.8, 4) is 0 Å². The molecule has 0 radical (unpaired) electrons. The van der Waals surface area contributed by atoms with Gasteiger partial charge < -0.3 is 14.6 Å². The Morgan fingerprint density at radius 3 is 2.50 bits per heavy atom. The molecule has 0 aliphatic carbocycles. The summed E-state index contributed by atoms with van der Waals surface area (Å²) in [5.74, 6) is -0.813. The number of aromatic nitrogens is 4. The molecule has 8 nitrogen and oxygen atoms in total. The lowest BCUT2D eigenvalue weighted by Gasteiger charge is -2.20. The van der Waals surface area contributed by atoms with E-state index in [0.29, 0.717) is 17.1 Å². The van der Waals surface area contributed by atoms with Crippen LogP contribution in [-0.4, -0.2) is 44.0 Å². The number of methoxy groups -OCH3 is 1. The molecule has 2 aromatic heterocycles. The van der Waals surface area contributed by atoms with E-state index in [-0.39, 0.29) is 5.91 Å². The Kier molecular flexibility index (Phi) is 7.42. The Labute approximate surface area is 202 Å². The first-order valence-corrected chi connectivity index (χ1v) is 12.2. The number of aryl methyl sites for hydroxylation is 1. The van der Waals surface area contributed by atoms with Crippen molar-refractivity contribution in [3.63, 3.8) is 0 Å². The lowest BCUT2D eigenvalue weighted by Crippen LogP contribution is -2.39. The van der Waals surface area contributed by atoms with E-state index in [1.165, 1.54) is 18.9 Å². The van der Waals surface area contributed by atoms with E-state index in [2.05, 4.69) is 33.1 Å². The maximum absolute atomic E-state index is 13.1. The van der Waals surface area contributed by atoms with Crippen LogP contribution in [0.4, 0.5) is 0 Å². The van der Waals surface area contributed by atoms with Crippen molar-refractivity contribution in [3.05, 3.63) is 60.2 Å². The number of rotatable bonds is 9. The predicted octanol–water partition coefficient (Wildman–Crippen LogP) is 4.29. The van der Waals surface area contributed by atoms with Crippen LogP contribution in [0.5, 0.6) is 0 Å². The summed E-state index contributed by atoms with van der Waals surface area (Å²) in [6.07, 6.45) is 1.48. The summed E-state index contributed by atoms with van der Waals surface area (Å²) < 4.78 is 7.06. The molecule has 4 rings (SSSR count). The number of esters is 1. The van der Waals surface area contributed by atoms with Crippen LogP contribution in [0, 0.1) is 0 Å². The molecule has 2 heterocycles. The van der Waals surface area contributed by atoms with Crippen LogP contribution in [0.2, 0.25) is 0 Å². The Balaban J connectivity index is 1.60. The van der Waals surface area contributed by atoms with Gasteiger partial charge in [0.25, 0.3) is 0 Å². The van der Waals surface area contributed by atoms with Gasteiger partial charge in [-0.1, -0.05) is 74.1 Å². The van der Waals surface area contributed by atoms with Gasteiger partial charge in [0.15, 0.2) is 11.7 Å². The van der Waals surface area contributed by atoms with Crippen LogP contribution in [0.25, 0.3) is 22.1 Å². The third kappa shape index (κ3) is 4.75. The fourth-order valence-corrected chi connectivity index (χ4v) is 4.74. The molecule has 9 heteroatoms. The summed E-state index contributed by atoms with van der Waals surface area (Å²) in [5, 5.41) is 12.5. The highest BCUT2D eigenvalue weighted by molar-refractivity contribution is 8.00. The molecule has 176 valence electrons. The molecular weight excluding hydrogens is 450 g/mol. The average Bonchev–Trinajstić information content (AvgIpc) is 3.19. The number of benzene rings is 2. The largest absolute Gasteiger partial charge is 0.467 e. The molecule has 0 saturated heterocycles. The number of thioether (sulfide) groups is 1. The maximum atomic E-state index is 13.1. The molecular formula is C25H27N5O3S. The van der Waals surface area contributed by atoms with Crippen molar-refractivity contribution in [1.82, 2.24) is 25.1 Å². The summed E-state index contributed by atoms with van der Waals surface area (Å²) >= 11 is 1.24. The van der Waals surface area contributed by atoms with Crippen LogP contribution in [-0.2, 0) is 20.9 Å². The number of hydrogen-bond acceptors (Lipinski definition) is 7. The number of nitrogens with zero attached hydrogens (tertiary/aromatic N) is 4. The molecule has 0 bridgehead atoms. The monoisotopic (exact) mass is 477 g/mol. The van der Waals surface area contributed by atoms with Gasteiger partial charge in [-0.3, -0.25) is 4.79 Å². The van der Waals surface area contributed by atoms with Crippen molar-refractivity contribution < 1.29 is 14.3 Å². The van der Waals surface area contributed by atoms with Gasteiger partial charge in [0.2, 0.25) is 11.1 Å². The number of nitrogens with one attached hydrogen (secondary N) is 1. The standard InChI is InChI=1S/C25H27N5O3S/c1-4-15-30-18-14-10-9-13-17(18)21-22(30)27-25(29-28-21)34-19(5-2)23(31)26-20(24(32)33-3)16-11-7-6-8-12-16/h6-14,19-20H,4-5,15H2,1-3H3,(H,26,31). The van der Waals surface area contributed by atoms with E-state index in [0.717, 1.165) is 35.0 Å². The first kappa shape index (κ1) is 23.7. The number of amides is 1. The first-order chi connectivity index (χ1) is 16.6. The SMILES string of the molecule is CCCn1c2ccccc2c2nnc(SC(CC)C(=O)NC(C(=O)OC)c3ccccc3)nc21. The fraction of sp³-hybridized carbons (Fsp3) is 0.320. The summed E-state index contributed by atoms with van der Waals surface area (Å²) in [6, 6.07) is 16.2. The quantitative estimate of drug-likeness (QED) is 0.284. The number of ether oxygens (including phenoxy) is 1. The summed E-state index contributed by atoms with van der Waals surface area (Å²) in [4.78, 5) is 30.3. The summed E-state index contributed by atoms with van der Waals surface area (Å²) in [7, 11) is 1.31. The molecule has 1 amide bonds. The van der Waals surface area contributed by atoms with Gasteiger partial charge in [-0.2, -0.15) is 0 Å². The minimum Gasteiger partial charge on any atom is -0.467 e. The predicted molar refractivity (Wildman–Crippen MR) is 132 cm³/mol. The highest BCUT2D eigenvalue weighted by Crippen LogP contribution is 2.29. The Morgan fingerprint density at radius 1 is 1.06 bits per heavy atom. The van der Waals surface area contributed by atoms with Crippen LogP contribution >= 0.6 is 11.8 Å². The zero-order valence-electron chi connectivity index (χ0n) is 19.4. The van der Waals surface area contributed by atoms with E-state index in [1.54, 1.807) is 12.1 Å². The Morgan fingerprint density at radius 2 is 1.79 bits per heavy atom. The Hall–Kier alpha value is -3.46. The topological polar surface area (TPSA) is 99.0 Å². The second-order valence-corrected chi connectivity index (χ2v) is 9.00. The first-order valence-electron chi connectivity index (χ1n) is 11.3. The lowest BCUT2D eigenvalue weighted by atomic mass is 10.1. The number of carbonyl (C=O) groups excluding carboxylic acids is 2. The van der Waals surface area contributed by atoms with E-state index in [9.17, 15) is 9.59 Å². The second-order valence-electron chi connectivity index (χ2n) is 7.83. The molecule has 0 saturated carbocycles. The van der Waals surface area contributed by atoms with Crippen LogP contribution in [0.3, 0.4) is 0 Å². The van der Waals surface area contributed by atoms with Crippen molar-refractivity contribution in [2.45, 2.75) is 49.7 Å². The fourth-order valence-electron chi connectivity index (χ4n) is 3.92. The van der Waals surface area contributed by atoms with Gasteiger partial charge in [0.05, 0.1) is 17.9 Å². The number of fused-ring (bicyclic) bond motifs is 3. The molecule has 2 unspecified atom stereocenters. The molecule has 0 aliphatic heterocycles. The zero-order chi connectivity index (χ0) is 24.1. The second kappa shape index (κ2) is 10.6. The number of carbonyl (C=O) groups is 2. The number of hydrogen-bond donors (Lipinski definition) is 1. The molecule has 1 N–H and O–H groups in total. The lowest BCUT2D eigenvalue weighted by molar-refractivity contribution is -0.145. The zero-order valence-corrected chi connectivity index (χ0v) is 20.2. The molecule has 4 aromatic rings. The van der Waals surface area contributed by atoms with Crippen molar-refractivity contribution >= 4 is 45.7 Å². The number of para-hydroxylation sites is 1. The minimum absolute atomic E-state index is 0.287. The van der Waals surface area contributed by atoms with Gasteiger partial charge >= 0.3 is 5.97 Å². The smallest absolute Gasteiger partial charge is 0.333 e. The van der Waals surface area contributed by atoms with Crippen LogP contribution in [0.15, 0.2) is 59.8 Å². The normalized spacial score (nSPS) is 13.0. The van der Waals surface area contributed by atoms with E-state index in [4.69, 9.17) is 9.72 Å². The van der Waals surface area contributed by atoms with E-state index in [1.807, 2.05) is 43.3 Å². The third-order valence-corrected chi connectivity index (χ3v) is 6.78. The van der Waals surface area contributed by atoms with Crippen LogP contribution < -0.4 is 5.32 Å². The Bertz CT molecular complexity index is 1310.